The normalized spacial score (nSPS) is 10.7. The number of non-ortho nitro benzene ring substituents is 1. The topological polar surface area (TPSA) is 120 Å². The van der Waals surface area contributed by atoms with Gasteiger partial charge in [0.1, 0.15) is 5.56 Å². The van der Waals surface area contributed by atoms with Crippen molar-refractivity contribution in [2.75, 3.05) is 5.32 Å². The van der Waals surface area contributed by atoms with E-state index in [4.69, 9.17) is 4.52 Å². The molecule has 0 aliphatic heterocycles. The lowest BCUT2D eigenvalue weighted by Gasteiger charge is -2.03. The molecule has 0 radical (unpaired) electrons. The first-order valence-corrected chi connectivity index (χ1v) is 6.47. The molecule has 1 amide bonds. The van der Waals surface area contributed by atoms with Crippen LogP contribution in [0.2, 0.25) is 0 Å². The molecule has 2 heterocycles. The summed E-state index contributed by atoms with van der Waals surface area (Å²) in [5.74, 6) is -0.660. The summed E-state index contributed by atoms with van der Waals surface area (Å²) in [6.45, 7) is 0. The van der Waals surface area contributed by atoms with Crippen LogP contribution in [0.5, 0.6) is 0 Å². The van der Waals surface area contributed by atoms with E-state index in [-0.39, 0.29) is 28.0 Å². The molecule has 9 nitrogen and oxygen atoms in total. The monoisotopic (exact) mass is 314 g/mol. The number of hydrogen-bond donors (Lipinski definition) is 1. The first-order valence-electron chi connectivity index (χ1n) is 6.47. The van der Waals surface area contributed by atoms with E-state index in [1.807, 2.05) is 0 Å². The Morgan fingerprint density at radius 2 is 2.17 bits per heavy atom. The molecule has 0 bridgehead atoms. The molecule has 116 valence electrons. The molecule has 0 aliphatic rings. The fraction of sp³-hybridized carbons (Fsp3) is 0.0714. The Balaban J connectivity index is 1.99. The van der Waals surface area contributed by atoms with Crippen molar-refractivity contribution in [2.45, 2.75) is 0 Å². The number of amides is 1. The third-order valence-corrected chi connectivity index (χ3v) is 3.20. The molecule has 2 aromatic heterocycles. The van der Waals surface area contributed by atoms with Crippen LogP contribution in [0.1, 0.15) is 10.4 Å². The number of pyridine rings is 1. The van der Waals surface area contributed by atoms with E-state index in [0.717, 1.165) is 0 Å². The van der Waals surface area contributed by atoms with Crippen molar-refractivity contribution in [1.29, 1.82) is 0 Å². The summed E-state index contributed by atoms with van der Waals surface area (Å²) in [5, 5.41) is 17.2. The van der Waals surface area contributed by atoms with Crippen LogP contribution in [0, 0.1) is 10.1 Å². The predicted octanol–water partition coefficient (Wildman–Crippen LogP) is 1.69. The summed E-state index contributed by atoms with van der Waals surface area (Å²) in [7, 11) is 1.67. The Hall–Kier alpha value is -3.49. The van der Waals surface area contributed by atoms with Gasteiger partial charge < -0.3 is 14.4 Å². The summed E-state index contributed by atoms with van der Waals surface area (Å²) in [6.07, 6.45) is 2.90. The zero-order valence-electron chi connectivity index (χ0n) is 11.8. The Kier molecular flexibility index (Phi) is 3.37. The van der Waals surface area contributed by atoms with Gasteiger partial charge in [-0.1, -0.05) is 5.16 Å². The second-order valence-electron chi connectivity index (χ2n) is 4.81. The van der Waals surface area contributed by atoms with Crippen molar-refractivity contribution < 1.29 is 14.2 Å². The van der Waals surface area contributed by atoms with E-state index in [1.165, 1.54) is 36.7 Å². The van der Waals surface area contributed by atoms with E-state index in [2.05, 4.69) is 10.5 Å². The van der Waals surface area contributed by atoms with Crippen LogP contribution in [0.25, 0.3) is 11.0 Å². The predicted molar refractivity (Wildman–Crippen MR) is 80.3 cm³/mol. The van der Waals surface area contributed by atoms with Crippen LogP contribution < -0.4 is 10.7 Å². The maximum atomic E-state index is 12.2. The van der Waals surface area contributed by atoms with Gasteiger partial charge in [-0.3, -0.25) is 19.7 Å². The van der Waals surface area contributed by atoms with Gasteiger partial charge in [-0.2, -0.15) is 0 Å². The van der Waals surface area contributed by atoms with Gasteiger partial charge in [-0.15, -0.1) is 0 Å². The van der Waals surface area contributed by atoms with Gasteiger partial charge in [0, 0.05) is 37.6 Å². The molecule has 0 saturated carbocycles. The number of rotatable bonds is 3. The third kappa shape index (κ3) is 2.67. The fourth-order valence-corrected chi connectivity index (χ4v) is 2.06. The van der Waals surface area contributed by atoms with Gasteiger partial charge >= 0.3 is 0 Å². The number of carbonyl (C=O) groups is 1. The lowest BCUT2D eigenvalue weighted by molar-refractivity contribution is -0.384. The lowest BCUT2D eigenvalue weighted by Crippen LogP contribution is -2.22. The van der Waals surface area contributed by atoms with Gasteiger partial charge in [0.2, 0.25) is 0 Å². The van der Waals surface area contributed by atoms with Crippen molar-refractivity contribution in [1.82, 2.24) is 9.72 Å². The molecule has 3 rings (SSSR count). The number of nitrogens with one attached hydrogen (secondary N) is 1. The zero-order chi connectivity index (χ0) is 16.6. The molecule has 1 N–H and O–H groups in total. The van der Waals surface area contributed by atoms with Gasteiger partial charge in [-0.25, -0.2) is 0 Å². The molecule has 0 unspecified atom stereocenters. The van der Waals surface area contributed by atoms with Crippen molar-refractivity contribution in [3.05, 3.63) is 62.6 Å². The molecule has 0 saturated heterocycles. The van der Waals surface area contributed by atoms with E-state index >= 15 is 0 Å². The molecule has 0 fully saturated rings. The van der Waals surface area contributed by atoms with Gasteiger partial charge in [0.25, 0.3) is 11.6 Å². The molecule has 0 spiro atoms. The third-order valence-electron chi connectivity index (χ3n) is 3.20. The van der Waals surface area contributed by atoms with Crippen LogP contribution in [0.3, 0.4) is 0 Å². The molecule has 0 aliphatic carbocycles. The van der Waals surface area contributed by atoms with Crippen molar-refractivity contribution in [2.24, 2.45) is 7.05 Å². The van der Waals surface area contributed by atoms with Crippen LogP contribution in [0.15, 0.2) is 46.0 Å². The smallest absolute Gasteiger partial charge is 0.270 e. The summed E-state index contributed by atoms with van der Waals surface area (Å²) in [4.78, 5) is 34.2. The Morgan fingerprint density at radius 3 is 2.91 bits per heavy atom. The number of nitrogens with zero attached hydrogens (tertiary/aromatic N) is 3. The van der Waals surface area contributed by atoms with Crippen molar-refractivity contribution >= 4 is 28.4 Å². The number of fused-ring (bicyclic) bond motifs is 1. The lowest BCUT2D eigenvalue weighted by atomic mass is 10.2. The summed E-state index contributed by atoms with van der Waals surface area (Å²) in [5.41, 5.74) is -0.394. The number of anilines is 1. The van der Waals surface area contributed by atoms with E-state index in [0.29, 0.717) is 0 Å². The average Bonchev–Trinajstić information content (AvgIpc) is 2.92. The molecular weight excluding hydrogens is 304 g/mol. The zero-order valence-corrected chi connectivity index (χ0v) is 11.8. The maximum absolute atomic E-state index is 12.2. The highest BCUT2D eigenvalue weighted by Gasteiger charge is 2.17. The minimum atomic E-state index is -0.673. The first kappa shape index (κ1) is 14.4. The van der Waals surface area contributed by atoms with Gasteiger partial charge in [-0.05, 0) is 6.07 Å². The number of hydrogen-bond acceptors (Lipinski definition) is 6. The molecular formula is C14H10N4O5. The second kappa shape index (κ2) is 5.37. The Bertz CT molecular complexity index is 988. The van der Waals surface area contributed by atoms with E-state index in [9.17, 15) is 19.7 Å². The highest BCUT2D eigenvalue weighted by molar-refractivity contribution is 6.07. The highest BCUT2D eigenvalue weighted by atomic mass is 16.6. The molecule has 0 atom stereocenters. The maximum Gasteiger partial charge on any atom is 0.270 e. The highest BCUT2D eigenvalue weighted by Crippen LogP contribution is 2.27. The number of aryl methyl sites for hydroxylation is 1. The first-order chi connectivity index (χ1) is 11.0. The Labute approximate surface area is 128 Å². The summed E-state index contributed by atoms with van der Waals surface area (Å²) in [6, 6.07) is 5.16. The second-order valence-corrected chi connectivity index (χ2v) is 4.81. The number of aromatic nitrogens is 2. The van der Waals surface area contributed by atoms with Gasteiger partial charge in [0.05, 0.1) is 10.3 Å². The number of carbonyl (C=O) groups excluding carboxylic acids is 1. The molecule has 1 aromatic carbocycles. The van der Waals surface area contributed by atoms with E-state index in [1.54, 1.807) is 11.6 Å². The van der Waals surface area contributed by atoms with Crippen molar-refractivity contribution in [3.8, 4) is 0 Å². The fourth-order valence-electron chi connectivity index (χ4n) is 2.06. The van der Waals surface area contributed by atoms with Crippen LogP contribution in [0.4, 0.5) is 11.5 Å². The average molecular weight is 314 g/mol. The van der Waals surface area contributed by atoms with Crippen LogP contribution in [-0.2, 0) is 7.05 Å². The quantitative estimate of drug-likeness (QED) is 0.580. The standard InChI is InChI=1S/C14H10N4O5/c1-17-5-4-11(19)10(7-17)14(20)15-13-9-6-8(18(21)22)2-3-12(9)23-16-13/h2-7H,1H3,(H,15,16,20). The molecule has 23 heavy (non-hydrogen) atoms. The van der Waals surface area contributed by atoms with Crippen molar-refractivity contribution in [3.63, 3.8) is 0 Å². The number of nitro benzene ring substituents is 1. The largest absolute Gasteiger partial charge is 0.356 e. The minimum Gasteiger partial charge on any atom is -0.356 e. The number of nitro groups is 1. The molecule has 9 heteroatoms. The number of benzene rings is 1. The van der Waals surface area contributed by atoms with Gasteiger partial charge in [0.15, 0.2) is 16.8 Å². The van der Waals surface area contributed by atoms with Crippen LogP contribution >= 0.6 is 0 Å². The summed E-state index contributed by atoms with van der Waals surface area (Å²) < 4.78 is 6.56. The SMILES string of the molecule is Cn1ccc(=O)c(C(=O)Nc2noc3ccc([N+](=O)[O-])cc23)c1. The molecule has 3 aromatic rings. The Morgan fingerprint density at radius 1 is 1.39 bits per heavy atom. The summed E-state index contributed by atoms with van der Waals surface area (Å²) >= 11 is 0. The van der Waals surface area contributed by atoms with Crippen LogP contribution in [-0.4, -0.2) is 20.6 Å². The minimum absolute atomic E-state index is 0.0135. The van der Waals surface area contributed by atoms with E-state index < -0.39 is 16.3 Å².